The maximum absolute atomic E-state index is 12.6. The van der Waals surface area contributed by atoms with Crippen molar-refractivity contribution in [3.8, 4) is 0 Å². The Morgan fingerprint density at radius 3 is 2.00 bits per heavy atom. The van der Waals surface area contributed by atoms with Gasteiger partial charge in [-0.1, -0.05) is 52.0 Å². The van der Waals surface area contributed by atoms with E-state index in [-0.39, 0.29) is 5.92 Å². The summed E-state index contributed by atoms with van der Waals surface area (Å²) in [5, 5.41) is 0. The molecule has 1 nitrogen and oxygen atoms in total. The van der Waals surface area contributed by atoms with Crippen molar-refractivity contribution in [2.75, 3.05) is 0 Å². The van der Waals surface area contributed by atoms with Crippen molar-refractivity contribution in [1.82, 2.24) is 0 Å². The Kier molecular flexibility index (Phi) is 4.44. The Bertz CT molecular complexity index is 420. The zero-order valence-electron chi connectivity index (χ0n) is 12.6. The minimum absolute atomic E-state index is 0.239. The summed E-state index contributed by atoms with van der Waals surface area (Å²) >= 11 is 0. The van der Waals surface area contributed by atoms with E-state index in [4.69, 9.17) is 0 Å². The first kappa shape index (κ1) is 14.3. The van der Waals surface area contributed by atoms with Crippen LogP contribution >= 0.6 is 0 Å². The number of carbonyl (C=O) groups is 1. The fraction of sp³-hybridized carbons (Fsp3) is 0.611. The molecule has 0 saturated heterocycles. The minimum atomic E-state index is 0.239. The van der Waals surface area contributed by atoms with Crippen molar-refractivity contribution in [3.05, 3.63) is 35.4 Å². The number of ketones is 1. The van der Waals surface area contributed by atoms with Crippen LogP contribution in [0.1, 0.15) is 68.8 Å². The van der Waals surface area contributed by atoms with Crippen molar-refractivity contribution < 1.29 is 4.79 Å². The SMILES string of the molecule is CC1CC(C)CC(C(=O)c2ccc(C(C)C)cc2)C1. The molecule has 0 heterocycles. The molecule has 104 valence electrons. The van der Waals surface area contributed by atoms with Gasteiger partial charge >= 0.3 is 0 Å². The predicted molar refractivity (Wildman–Crippen MR) is 80.5 cm³/mol. The fourth-order valence-electron chi connectivity index (χ4n) is 3.43. The molecule has 1 aliphatic rings. The lowest BCUT2D eigenvalue weighted by atomic mass is 9.74. The van der Waals surface area contributed by atoms with Gasteiger partial charge in [-0.05, 0) is 42.6 Å². The van der Waals surface area contributed by atoms with Crippen LogP contribution in [-0.4, -0.2) is 5.78 Å². The molecule has 1 fully saturated rings. The smallest absolute Gasteiger partial charge is 0.165 e. The van der Waals surface area contributed by atoms with Crippen LogP contribution in [-0.2, 0) is 0 Å². The summed E-state index contributed by atoms with van der Waals surface area (Å²) in [4.78, 5) is 12.6. The van der Waals surface area contributed by atoms with Gasteiger partial charge < -0.3 is 0 Å². The van der Waals surface area contributed by atoms with Crippen molar-refractivity contribution in [2.45, 2.75) is 52.9 Å². The van der Waals surface area contributed by atoms with Gasteiger partial charge in [0.2, 0.25) is 0 Å². The Morgan fingerprint density at radius 2 is 1.53 bits per heavy atom. The minimum Gasteiger partial charge on any atom is -0.294 e. The van der Waals surface area contributed by atoms with E-state index in [0.717, 1.165) is 18.4 Å². The molecule has 2 atom stereocenters. The summed E-state index contributed by atoms with van der Waals surface area (Å²) in [6.45, 7) is 8.91. The number of benzene rings is 1. The topological polar surface area (TPSA) is 17.1 Å². The van der Waals surface area contributed by atoms with E-state index in [0.29, 0.717) is 23.5 Å². The Balaban J connectivity index is 2.10. The van der Waals surface area contributed by atoms with Crippen molar-refractivity contribution in [3.63, 3.8) is 0 Å². The summed E-state index contributed by atoms with van der Waals surface area (Å²) < 4.78 is 0. The lowest BCUT2D eigenvalue weighted by Gasteiger charge is -2.30. The first-order chi connectivity index (χ1) is 8.97. The molecule has 2 rings (SSSR count). The van der Waals surface area contributed by atoms with E-state index in [1.54, 1.807) is 0 Å². The number of hydrogen-bond acceptors (Lipinski definition) is 1. The number of rotatable bonds is 3. The highest BCUT2D eigenvalue weighted by Gasteiger charge is 2.29. The molecular formula is C18H26O. The number of Topliss-reactive ketones (excluding diaryl/α,β-unsaturated/α-hetero) is 1. The summed E-state index contributed by atoms with van der Waals surface area (Å²) in [6.07, 6.45) is 3.40. The third kappa shape index (κ3) is 3.46. The molecule has 0 spiro atoms. The highest BCUT2D eigenvalue weighted by molar-refractivity contribution is 5.97. The Hall–Kier alpha value is -1.11. The third-order valence-corrected chi connectivity index (χ3v) is 4.41. The van der Waals surface area contributed by atoms with Gasteiger partial charge in [0, 0.05) is 11.5 Å². The van der Waals surface area contributed by atoms with E-state index in [2.05, 4.69) is 39.8 Å². The van der Waals surface area contributed by atoms with Gasteiger partial charge in [-0.25, -0.2) is 0 Å². The largest absolute Gasteiger partial charge is 0.294 e. The predicted octanol–water partition coefficient (Wildman–Crippen LogP) is 5.07. The fourth-order valence-corrected chi connectivity index (χ4v) is 3.43. The van der Waals surface area contributed by atoms with Crippen LogP contribution in [0.3, 0.4) is 0 Å². The molecule has 1 heteroatoms. The molecule has 0 radical (unpaired) electrons. The summed E-state index contributed by atoms with van der Waals surface area (Å²) in [5.41, 5.74) is 2.21. The monoisotopic (exact) mass is 258 g/mol. The third-order valence-electron chi connectivity index (χ3n) is 4.41. The molecular weight excluding hydrogens is 232 g/mol. The van der Waals surface area contributed by atoms with Crippen molar-refractivity contribution >= 4 is 5.78 Å². The molecule has 0 amide bonds. The van der Waals surface area contributed by atoms with E-state index < -0.39 is 0 Å². The van der Waals surface area contributed by atoms with Gasteiger partial charge in [0.05, 0.1) is 0 Å². The van der Waals surface area contributed by atoms with Gasteiger partial charge in [0.25, 0.3) is 0 Å². The number of carbonyl (C=O) groups excluding carboxylic acids is 1. The van der Waals surface area contributed by atoms with E-state index >= 15 is 0 Å². The molecule has 0 bridgehead atoms. The van der Waals surface area contributed by atoms with Gasteiger partial charge in [0.1, 0.15) is 0 Å². The van der Waals surface area contributed by atoms with Gasteiger partial charge in [-0.3, -0.25) is 4.79 Å². The Morgan fingerprint density at radius 1 is 1.00 bits per heavy atom. The molecule has 19 heavy (non-hydrogen) atoms. The van der Waals surface area contributed by atoms with Crippen LogP contribution in [0, 0.1) is 17.8 Å². The van der Waals surface area contributed by atoms with Crippen LogP contribution in [0.5, 0.6) is 0 Å². The average molecular weight is 258 g/mol. The highest BCUT2D eigenvalue weighted by Crippen LogP contribution is 2.34. The molecule has 0 aliphatic heterocycles. The van der Waals surface area contributed by atoms with Crippen LogP contribution in [0.25, 0.3) is 0 Å². The van der Waals surface area contributed by atoms with Gasteiger partial charge in [-0.15, -0.1) is 0 Å². The quantitative estimate of drug-likeness (QED) is 0.692. The molecule has 0 aromatic heterocycles. The Labute approximate surface area is 117 Å². The van der Waals surface area contributed by atoms with Crippen LogP contribution in [0.15, 0.2) is 24.3 Å². The first-order valence-corrected chi connectivity index (χ1v) is 7.61. The lowest BCUT2D eigenvalue weighted by Crippen LogP contribution is -2.26. The summed E-state index contributed by atoms with van der Waals surface area (Å²) in [5.74, 6) is 2.50. The van der Waals surface area contributed by atoms with Gasteiger partial charge in [-0.2, -0.15) is 0 Å². The van der Waals surface area contributed by atoms with Crippen molar-refractivity contribution in [1.29, 1.82) is 0 Å². The maximum Gasteiger partial charge on any atom is 0.165 e. The normalized spacial score (nSPS) is 27.5. The molecule has 1 aliphatic carbocycles. The number of hydrogen-bond donors (Lipinski definition) is 0. The first-order valence-electron chi connectivity index (χ1n) is 7.61. The average Bonchev–Trinajstić information content (AvgIpc) is 2.37. The van der Waals surface area contributed by atoms with Crippen LogP contribution < -0.4 is 0 Å². The molecule has 2 unspecified atom stereocenters. The van der Waals surface area contributed by atoms with Crippen LogP contribution in [0.2, 0.25) is 0 Å². The summed E-state index contributed by atoms with van der Waals surface area (Å²) in [6, 6.07) is 8.24. The van der Waals surface area contributed by atoms with E-state index in [1.165, 1.54) is 12.0 Å². The zero-order chi connectivity index (χ0) is 14.0. The van der Waals surface area contributed by atoms with Crippen LogP contribution in [0.4, 0.5) is 0 Å². The molecule has 0 N–H and O–H groups in total. The highest BCUT2D eigenvalue weighted by atomic mass is 16.1. The van der Waals surface area contributed by atoms with E-state index in [9.17, 15) is 4.79 Å². The molecule has 1 aromatic rings. The second-order valence-electron chi connectivity index (χ2n) is 6.76. The maximum atomic E-state index is 12.6. The van der Waals surface area contributed by atoms with Crippen molar-refractivity contribution in [2.24, 2.45) is 17.8 Å². The second kappa shape index (κ2) is 5.90. The molecule has 1 saturated carbocycles. The lowest BCUT2D eigenvalue weighted by molar-refractivity contribution is 0.0836. The zero-order valence-corrected chi connectivity index (χ0v) is 12.6. The molecule has 1 aromatic carbocycles. The van der Waals surface area contributed by atoms with Gasteiger partial charge in [0.15, 0.2) is 5.78 Å². The second-order valence-corrected chi connectivity index (χ2v) is 6.76. The summed E-state index contributed by atoms with van der Waals surface area (Å²) in [7, 11) is 0. The van der Waals surface area contributed by atoms with E-state index in [1.807, 2.05) is 12.1 Å². The standard InChI is InChI=1S/C18H26O/c1-12(2)15-5-7-16(8-6-15)18(19)17-10-13(3)9-14(4)11-17/h5-8,12-14,17H,9-11H2,1-4H3.